The van der Waals surface area contributed by atoms with Gasteiger partial charge in [-0.1, -0.05) is 32.9 Å². The van der Waals surface area contributed by atoms with Crippen LogP contribution < -0.4 is 5.32 Å². The number of nitrogens with one attached hydrogen (secondary N) is 1. The van der Waals surface area contributed by atoms with Crippen molar-refractivity contribution in [3.05, 3.63) is 29.8 Å². The number of hydrogen-bond donors (Lipinski definition) is 1. The second kappa shape index (κ2) is 6.42. The number of hydrogen-bond acceptors (Lipinski definition) is 3. The summed E-state index contributed by atoms with van der Waals surface area (Å²) in [6.45, 7) is 9.60. The Labute approximate surface area is 110 Å². The van der Waals surface area contributed by atoms with Crippen LogP contribution in [-0.4, -0.2) is 19.3 Å². The molecule has 0 radical (unpaired) electrons. The van der Waals surface area contributed by atoms with Crippen LogP contribution >= 0.6 is 0 Å². The first-order chi connectivity index (χ1) is 8.43. The van der Waals surface area contributed by atoms with Crippen LogP contribution in [0.25, 0.3) is 0 Å². The molecule has 1 aromatic carbocycles. The Balaban J connectivity index is 2.39. The predicted molar refractivity (Wildman–Crippen MR) is 74.7 cm³/mol. The molecule has 18 heavy (non-hydrogen) atoms. The molecule has 0 saturated carbocycles. The van der Waals surface area contributed by atoms with E-state index in [0.29, 0.717) is 13.2 Å². The lowest BCUT2D eigenvalue weighted by Crippen LogP contribution is -2.14. The summed E-state index contributed by atoms with van der Waals surface area (Å²) in [7, 11) is 0. The minimum Gasteiger partial charge on any atom is -0.383 e. The minimum absolute atomic E-state index is 0.184. The fourth-order valence-electron chi connectivity index (χ4n) is 1.56. The van der Waals surface area contributed by atoms with E-state index in [9.17, 15) is 0 Å². The molecule has 0 bridgehead atoms. The van der Waals surface area contributed by atoms with Gasteiger partial charge in [-0.15, -0.1) is 0 Å². The first kappa shape index (κ1) is 14.5. The smallest absolute Gasteiger partial charge is 0.141 e. The molecule has 0 aromatic heterocycles. The summed E-state index contributed by atoms with van der Waals surface area (Å²) in [6.07, 6.45) is -0.338. The third kappa shape index (κ3) is 4.77. The molecule has 0 spiro atoms. The first-order valence-corrected chi connectivity index (χ1v) is 6.29. The zero-order chi connectivity index (χ0) is 13.6. The van der Waals surface area contributed by atoms with Crippen molar-refractivity contribution in [1.29, 1.82) is 5.26 Å². The SMILES string of the molecule is CC(C#N)OCCNc1ccc(C(C)(C)C)cc1. The summed E-state index contributed by atoms with van der Waals surface area (Å²) in [5.41, 5.74) is 2.59. The molecule has 0 heterocycles. The summed E-state index contributed by atoms with van der Waals surface area (Å²) in [4.78, 5) is 0. The van der Waals surface area contributed by atoms with Crippen LogP contribution in [0.15, 0.2) is 24.3 Å². The summed E-state index contributed by atoms with van der Waals surface area (Å²) in [6, 6.07) is 10.5. The minimum atomic E-state index is -0.338. The lowest BCUT2D eigenvalue weighted by Gasteiger charge is -2.19. The molecule has 0 amide bonds. The van der Waals surface area contributed by atoms with E-state index < -0.39 is 0 Å². The van der Waals surface area contributed by atoms with Crippen molar-refractivity contribution in [2.75, 3.05) is 18.5 Å². The van der Waals surface area contributed by atoms with E-state index >= 15 is 0 Å². The van der Waals surface area contributed by atoms with Crippen LogP contribution in [0, 0.1) is 11.3 Å². The quantitative estimate of drug-likeness (QED) is 0.811. The van der Waals surface area contributed by atoms with Crippen LogP contribution in [0.2, 0.25) is 0 Å². The van der Waals surface area contributed by atoms with Gasteiger partial charge in [0.15, 0.2) is 0 Å². The van der Waals surface area contributed by atoms with Crippen molar-refractivity contribution < 1.29 is 4.74 Å². The second-order valence-electron chi connectivity index (χ2n) is 5.40. The monoisotopic (exact) mass is 246 g/mol. The molecule has 98 valence electrons. The third-order valence-electron chi connectivity index (χ3n) is 2.73. The van der Waals surface area contributed by atoms with Gasteiger partial charge in [-0.25, -0.2) is 0 Å². The molecule has 1 aromatic rings. The van der Waals surface area contributed by atoms with E-state index in [4.69, 9.17) is 10.00 Å². The first-order valence-electron chi connectivity index (χ1n) is 6.29. The van der Waals surface area contributed by atoms with Crippen LogP contribution in [0.3, 0.4) is 0 Å². The number of anilines is 1. The third-order valence-corrected chi connectivity index (χ3v) is 2.73. The van der Waals surface area contributed by atoms with Gasteiger partial charge in [0.25, 0.3) is 0 Å². The topological polar surface area (TPSA) is 45.0 Å². The molecule has 0 saturated heterocycles. The fourth-order valence-corrected chi connectivity index (χ4v) is 1.56. The van der Waals surface area contributed by atoms with Crippen molar-refractivity contribution in [1.82, 2.24) is 0 Å². The Kier molecular flexibility index (Phi) is 5.18. The fraction of sp³-hybridized carbons (Fsp3) is 0.533. The Bertz CT molecular complexity index is 398. The molecule has 0 aliphatic heterocycles. The molecular formula is C15H22N2O. The Morgan fingerprint density at radius 3 is 2.39 bits per heavy atom. The zero-order valence-corrected chi connectivity index (χ0v) is 11.7. The van der Waals surface area contributed by atoms with Gasteiger partial charge in [0.1, 0.15) is 6.10 Å². The van der Waals surface area contributed by atoms with Gasteiger partial charge in [0.2, 0.25) is 0 Å². The normalized spacial score (nSPS) is 12.8. The van der Waals surface area contributed by atoms with Gasteiger partial charge in [0.05, 0.1) is 12.7 Å². The molecule has 0 fully saturated rings. The van der Waals surface area contributed by atoms with Gasteiger partial charge in [-0.05, 0) is 30.0 Å². The molecule has 1 N–H and O–H groups in total. The van der Waals surface area contributed by atoms with Crippen molar-refractivity contribution in [2.24, 2.45) is 0 Å². The molecule has 1 rings (SSSR count). The van der Waals surface area contributed by atoms with Crippen LogP contribution in [0.4, 0.5) is 5.69 Å². The van der Waals surface area contributed by atoms with Crippen molar-refractivity contribution in [3.8, 4) is 6.07 Å². The van der Waals surface area contributed by atoms with E-state index in [2.05, 4.69) is 50.4 Å². The highest BCUT2D eigenvalue weighted by molar-refractivity contribution is 5.45. The van der Waals surface area contributed by atoms with Gasteiger partial charge in [-0.3, -0.25) is 0 Å². The summed E-state index contributed by atoms with van der Waals surface area (Å²) in [5.74, 6) is 0. The molecule has 3 heteroatoms. The van der Waals surface area contributed by atoms with Crippen LogP contribution in [0.5, 0.6) is 0 Å². The van der Waals surface area contributed by atoms with E-state index in [1.165, 1.54) is 5.56 Å². The maximum Gasteiger partial charge on any atom is 0.141 e. The number of nitrogens with zero attached hydrogens (tertiary/aromatic N) is 1. The van der Waals surface area contributed by atoms with Crippen molar-refractivity contribution in [3.63, 3.8) is 0 Å². The largest absolute Gasteiger partial charge is 0.383 e. The van der Waals surface area contributed by atoms with Gasteiger partial charge < -0.3 is 10.1 Å². The Morgan fingerprint density at radius 1 is 1.28 bits per heavy atom. The van der Waals surface area contributed by atoms with E-state index in [1.807, 2.05) is 6.07 Å². The highest BCUT2D eigenvalue weighted by atomic mass is 16.5. The van der Waals surface area contributed by atoms with E-state index in [0.717, 1.165) is 5.69 Å². The lowest BCUT2D eigenvalue weighted by atomic mass is 9.87. The summed E-state index contributed by atoms with van der Waals surface area (Å²) < 4.78 is 5.27. The number of ether oxygens (including phenoxy) is 1. The maximum atomic E-state index is 8.56. The maximum absolute atomic E-state index is 8.56. The molecular weight excluding hydrogens is 224 g/mol. The summed E-state index contributed by atoms with van der Waals surface area (Å²) in [5, 5.41) is 11.8. The summed E-state index contributed by atoms with van der Waals surface area (Å²) >= 11 is 0. The number of nitriles is 1. The number of rotatable bonds is 5. The average Bonchev–Trinajstić information content (AvgIpc) is 2.33. The Morgan fingerprint density at radius 2 is 1.89 bits per heavy atom. The molecule has 1 atom stereocenters. The standard InChI is InChI=1S/C15H22N2O/c1-12(11-16)18-10-9-17-14-7-5-13(6-8-14)15(2,3)4/h5-8,12,17H,9-10H2,1-4H3. The molecule has 0 aliphatic carbocycles. The highest BCUT2D eigenvalue weighted by Crippen LogP contribution is 2.23. The van der Waals surface area contributed by atoms with Crippen molar-refractivity contribution in [2.45, 2.75) is 39.2 Å². The van der Waals surface area contributed by atoms with Gasteiger partial charge >= 0.3 is 0 Å². The Hall–Kier alpha value is -1.53. The second-order valence-corrected chi connectivity index (χ2v) is 5.40. The predicted octanol–water partition coefficient (Wildman–Crippen LogP) is 3.32. The average molecular weight is 246 g/mol. The zero-order valence-electron chi connectivity index (χ0n) is 11.7. The van der Waals surface area contributed by atoms with E-state index in [-0.39, 0.29) is 11.5 Å². The number of benzene rings is 1. The van der Waals surface area contributed by atoms with Crippen molar-refractivity contribution >= 4 is 5.69 Å². The highest BCUT2D eigenvalue weighted by Gasteiger charge is 2.12. The molecule has 3 nitrogen and oxygen atoms in total. The molecule has 0 aliphatic rings. The van der Waals surface area contributed by atoms with Crippen LogP contribution in [0.1, 0.15) is 33.3 Å². The van der Waals surface area contributed by atoms with E-state index in [1.54, 1.807) is 6.92 Å². The molecule has 1 unspecified atom stereocenters. The van der Waals surface area contributed by atoms with Gasteiger partial charge in [0, 0.05) is 12.2 Å². The lowest BCUT2D eigenvalue weighted by molar-refractivity contribution is 0.111. The van der Waals surface area contributed by atoms with Gasteiger partial charge in [-0.2, -0.15) is 5.26 Å². The van der Waals surface area contributed by atoms with Crippen LogP contribution in [-0.2, 0) is 10.2 Å².